The van der Waals surface area contributed by atoms with Crippen molar-refractivity contribution in [2.75, 3.05) is 25.3 Å². The van der Waals surface area contributed by atoms with Gasteiger partial charge in [-0.1, -0.05) is 30.3 Å². The third-order valence-electron chi connectivity index (χ3n) is 2.68. The molecule has 0 N–H and O–H groups in total. The van der Waals surface area contributed by atoms with Crippen LogP contribution in [0.15, 0.2) is 30.3 Å². The molecule has 0 aliphatic rings. The van der Waals surface area contributed by atoms with Crippen LogP contribution in [0.3, 0.4) is 0 Å². The number of hydrogen-bond acceptors (Lipinski definition) is 7. The van der Waals surface area contributed by atoms with Crippen molar-refractivity contribution in [1.82, 2.24) is 4.90 Å². The molecule has 0 spiro atoms. The van der Waals surface area contributed by atoms with Crippen molar-refractivity contribution < 1.29 is 31.8 Å². The van der Waals surface area contributed by atoms with Crippen molar-refractivity contribution >= 4 is 55.0 Å². The van der Waals surface area contributed by atoms with Gasteiger partial charge >= 0.3 is 19.7 Å². The first-order valence-electron chi connectivity index (χ1n) is 6.81. The van der Waals surface area contributed by atoms with Crippen LogP contribution in [0.5, 0.6) is 0 Å². The number of halogens is 3. The summed E-state index contributed by atoms with van der Waals surface area (Å²) in [5.41, 5.74) is 0.714. The molecule has 0 heterocycles. The molecule has 1 amide bonds. The van der Waals surface area contributed by atoms with Gasteiger partial charge in [0.2, 0.25) is 0 Å². The lowest BCUT2D eigenvalue weighted by Gasteiger charge is -2.22. The Morgan fingerprint density at radius 1 is 1.08 bits per heavy atom. The van der Waals surface area contributed by atoms with E-state index in [9.17, 15) is 14.2 Å². The molecule has 0 saturated carbocycles. The summed E-state index contributed by atoms with van der Waals surface area (Å²) < 4.78 is 30.1. The van der Waals surface area contributed by atoms with Crippen LogP contribution in [-0.4, -0.2) is 42.3 Å². The summed E-state index contributed by atoms with van der Waals surface area (Å²) in [7, 11) is -4.05. The van der Waals surface area contributed by atoms with Gasteiger partial charge in [0.05, 0.1) is 29.6 Å². The van der Waals surface area contributed by atoms with E-state index in [1.54, 1.807) is 30.3 Å². The van der Waals surface area contributed by atoms with Crippen LogP contribution in [0.4, 0.5) is 4.79 Å². The van der Waals surface area contributed by atoms with Gasteiger partial charge in [0.15, 0.2) is 0 Å². The first kappa shape index (κ1) is 22.0. The second-order valence-electron chi connectivity index (χ2n) is 4.54. The van der Waals surface area contributed by atoms with Gasteiger partial charge in [0, 0.05) is 0 Å². The Labute approximate surface area is 159 Å². The molecule has 0 aliphatic heterocycles. The van der Waals surface area contributed by atoms with Crippen LogP contribution in [0.2, 0.25) is 0 Å². The highest BCUT2D eigenvalue weighted by atomic mass is 35.5. The first-order chi connectivity index (χ1) is 11.9. The fourth-order valence-corrected chi connectivity index (χ4v) is 2.94. The summed E-state index contributed by atoms with van der Waals surface area (Å²) in [5.74, 6) is -0.717. The van der Waals surface area contributed by atoms with Crippen molar-refractivity contribution in [2.24, 2.45) is 0 Å². The minimum absolute atomic E-state index is 0.0526. The van der Waals surface area contributed by atoms with Crippen molar-refractivity contribution in [3.63, 3.8) is 0 Å². The highest BCUT2D eigenvalue weighted by molar-refractivity contribution is 7.55. The summed E-state index contributed by atoms with van der Waals surface area (Å²) in [4.78, 5) is 24.6. The molecule has 140 valence electrons. The van der Waals surface area contributed by atoms with Gasteiger partial charge in [-0.05, 0) is 5.56 Å². The molecule has 12 heteroatoms. The molecule has 0 unspecified atom stereocenters. The number of nitrogens with zero attached hydrogens (tertiary/aromatic N) is 1. The first-order valence-corrected chi connectivity index (χ1v) is 9.69. The molecule has 0 atom stereocenters. The van der Waals surface area contributed by atoms with Crippen LogP contribution < -0.4 is 0 Å². The van der Waals surface area contributed by atoms with E-state index in [-0.39, 0.29) is 19.1 Å². The fourth-order valence-electron chi connectivity index (χ4n) is 1.60. The highest BCUT2D eigenvalue weighted by Gasteiger charge is 2.33. The van der Waals surface area contributed by atoms with E-state index in [0.29, 0.717) is 5.56 Å². The van der Waals surface area contributed by atoms with Gasteiger partial charge in [-0.2, -0.15) is 8.15 Å². The minimum atomic E-state index is -4.05. The number of carbonyl (C=O) groups excluding carboxylic acids is 2. The standard InChI is InChI=1S/C13H15Cl3NO7P/c14-6-7-21-12(18)8-17(10-25(20,23-15)24-16)13(19)22-9-11-4-2-1-3-5-11/h1-5H,6-10H2. The average molecular weight is 435 g/mol. The van der Waals surface area contributed by atoms with Gasteiger partial charge in [0.25, 0.3) is 0 Å². The van der Waals surface area contributed by atoms with Crippen LogP contribution in [0, 0.1) is 0 Å². The van der Waals surface area contributed by atoms with Crippen LogP contribution in [-0.2, 0) is 33.6 Å². The van der Waals surface area contributed by atoms with Gasteiger partial charge in [-0.3, -0.25) is 14.3 Å². The Morgan fingerprint density at radius 3 is 2.28 bits per heavy atom. The minimum Gasteiger partial charge on any atom is -0.463 e. The molecule has 1 rings (SSSR count). The van der Waals surface area contributed by atoms with E-state index in [1.165, 1.54) is 0 Å². The maximum absolute atomic E-state index is 12.2. The molecule has 1 aromatic rings. The maximum Gasteiger partial charge on any atom is 0.411 e. The van der Waals surface area contributed by atoms with E-state index in [4.69, 9.17) is 44.8 Å². The summed E-state index contributed by atoms with van der Waals surface area (Å²) >= 11 is 15.5. The molecule has 0 radical (unpaired) electrons. The van der Waals surface area contributed by atoms with E-state index in [0.717, 1.165) is 4.90 Å². The second kappa shape index (κ2) is 11.6. The van der Waals surface area contributed by atoms with Crippen LogP contribution in [0.25, 0.3) is 0 Å². The number of rotatable bonds is 10. The molecule has 0 saturated heterocycles. The molecule has 1 aromatic carbocycles. The smallest absolute Gasteiger partial charge is 0.411 e. The molecule has 0 fully saturated rings. The number of hydrogen-bond donors (Lipinski definition) is 0. The fraction of sp³-hybridized carbons (Fsp3) is 0.385. The van der Waals surface area contributed by atoms with Gasteiger partial charge in [0.1, 0.15) is 26.0 Å². The molecular formula is C13H15Cl3NO7P. The van der Waals surface area contributed by atoms with Crippen molar-refractivity contribution in [3.05, 3.63) is 35.9 Å². The molecule has 25 heavy (non-hydrogen) atoms. The largest absolute Gasteiger partial charge is 0.463 e. The molecule has 8 nitrogen and oxygen atoms in total. The zero-order chi connectivity index (χ0) is 18.7. The second-order valence-corrected chi connectivity index (χ2v) is 7.52. The van der Waals surface area contributed by atoms with E-state index in [1.807, 2.05) is 0 Å². The number of alkyl halides is 1. The lowest BCUT2D eigenvalue weighted by molar-refractivity contribution is -0.143. The summed E-state index contributed by atoms with van der Waals surface area (Å²) in [6.45, 7) is -0.710. The third-order valence-corrected chi connectivity index (χ3v) is 5.20. The lowest BCUT2D eigenvalue weighted by Crippen LogP contribution is -2.37. The van der Waals surface area contributed by atoms with Crippen LogP contribution in [0.1, 0.15) is 5.56 Å². The monoisotopic (exact) mass is 433 g/mol. The Bertz CT molecular complexity index is 597. The Balaban J connectivity index is 2.75. The predicted molar refractivity (Wildman–Crippen MR) is 91.4 cm³/mol. The van der Waals surface area contributed by atoms with Crippen molar-refractivity contribution in [2.45, 2.75) is 6.61 Å². The number of ether oxygens (including phenoxy) is 2. The zero-order valence-electron chi connectivity index (χ0n) is 12.8. The quantitative estimate of drug-likeness (QED) is 0.313. The Hall–Kier alpha value is -1.02. The highest BCUT2D eigenvalue weighted by Crippen LogP contribution is 2.51. The Kier molecular flexibility index (Phi) is 10.2. The number of amides is 1. The summed E-state index contributed by atoms with van der Waals surface area (Å²) in [6, 6.07) is 8.81. The van der Waals surface area contributed by atoms with Crippen LogP contribution >= 0.6 is 42.9 Å². The molecule has 0 bridgehead atoms. The lowest BCUT2D eigenvalue weighted by atomic mass is 10.2. The third kappa shape index (κ3) is 8.27. The summed E-state index contributed by atoms with van der Waals surface area (Å²) in [5, 5.41) is 0. The topological polar surface area (TPSA) is 91.4 Å². The normalized spacial score (nSPS) is 11.0. The number of benzene rings is 1. The van der Waals surface area contributed by atoms with Crippen molar-refractivity contribution in [1.29, 1.82) is 0 Å². The SMILES string of the molecule is O=C(CN(CP(=O)(OCl)OCl)C(=O)OCc1ccccc1)OCCCl. The molecule has 0 aromatic heterocycles. The number of carbonyl (C=O) groups is 2. The maximum atomic E-state index is 12.2. The van der Waals surface area contributed by atoms with Crippen molar-refractivity contribution in [3.8, 4) is 0 Å². The Morgan fingerprint density at radius 2 is 1.72 bits per heavy atom. The number of esters is 1. The predicted octanol–water partition coefficient (Wildman–Crippen LogP) is 3.90. The van der Waals surface area contributed by atoms with Gasteiger partial charge in [-0.25, -0.2) is 4.79 Å². The average Bonchev–Trinajstić information content (AvgIpc) is 2.64. The molecule has 0 aliphatic carbocycles. The van der Waals surface area contributed by atoms with Gasteiger partial charge < -0.3 is 9.47 Å². The van der Waals surface area contributed by atoms with Gasteiger partial charge in [-0.15, -0.1) is 11.6 Å². The zero-order valence-corrected chi connectivity index (χ0v) is 16.0. The summed E-state index contributed by atoms with van der Waals surface area (Å²) in [6.07, 6.45) is -1.68. The van der Waals surface area contributed by atoms with E-state index >= 15 is 0 Å². The van der Waals surface area contributed by atoms with E-state index in [2.05, 4.69) is 8.15 Å². The van der Waals surface area contributed by atoms with E-state index < -0.39 is 32.5 Å². The molecular weight excluding hydrogens is 419 g/mol.